The lowest BCUT2D eigenvalue weighted by atomic mass is 10.1. The Bertz CT molecular complexity index is 836. The number of thiophene rings is 1. The van der Waals surface area contributed by atoms with E-state index in [2.05, 4.69) is 32.8 Å². The van der Waals surface area contributed by atoms with E-state index in [9.17, 15) is 9.90 Å². The number of H-pyrrole nitrogens is 1. The van der Waals surface area contributed by atoms with Crippen LogP contribution in [-0.2, 0) is 11.2 Å². The third kappa shape index (κ3) is 1.95. The van der Waals surface area contributed by atoms with Gasteiger partial charge in [0.25, 0.3) is 0 Å². The number of nitrogens with zero attached hydrogens (tertiary/aromatic N) is 1. The van der Waals surface area contributed by atoms with Crippen molar-refractivity contribution in [3.63, 3.8) is 0 Å². The zero-order valence-electron chi connectivity index (χ0n) is 11.1. The molecule has 3 aromatic rings. The number of hydrogen-bond donors (Lipinski definition) is 3. The van der Waals surface area contributed by atoms with Crippen LogP contribution in [-0.4, -0.2) is 27.6 Å². The summed E-state index contributed by atoms with van der Waals surface area (Å²) in [6, 6.07) is 7.44. The van der Waals surface area contributed by atoms with E-state index >= 15 is 0 Å². The van der Waals surface area contributed by atoms with Crippen LogP contribution >= 0.6 is 11.3 Å². The third-order valence-corrected chi connectivity index (χ3v) is 4.75. The molecule has 106 valence electrons. The van der Waals surface area contributed by atoms with E-state index in [-0.39, 0.29) is 0 Å². The largest absolute Gasteiger partial charge is 0.480 e. The average Bonchev–Trinajstić information content (AvgIpc) is 3.09. The third-order valence-electron chi connectivity index (χ3n) is 3.79. The predicted octanol–water partition coefficient (Wildman–Crippen LogP) is 2.56. The number of carbonyl (C=O) groups is 1. The number of fused-ring (bicyclic) bond motifs is 2. The summed E-state index contributed by atoms with van der Waals surface area (Å²) in [5.74, 6) is -0.128. The van der Waals surface area contributed by atoms with Crippen molar-refractivity contribution in [2.24, 2.45) is 0 Å². The van der Waals surface area contributed by atoms with E-state index in [0.717, 1.165) is 28.9 Å². The summed E-state index contributed by atoms with van der Waals surface area (Å²) in [5.41, 5.74) is 2.57. The van der Waals surface area contributed by atoms with Crippen molar-refractivity contribution in [3.8, 4) is 11.4 Å². The Morgan fingerprint density at radius 3 is 3.10 bits per heavy atom. The summed E-state index contributed by atoms with van der Waals surface area (Å²) < 4.78 is 1.20. The van der Waals surface area contributed by atoms with Gasteiger partial charge in [0.05, 0.1) is 5.69 Å². The number of hydrogen-bond acceptors (Lipinski definition) is 4. The topological polar surface area (TPSA) is 78.0 Å². The Morgan fingerprint density at radius 1 is 1.38 bits per heavy atom. The second kappa shape index (κ2) is 4.68. The van der Waals surface area contributed by atoms with Crippen molar-refractivity contribution in [2.45, 2.75) is 12.5 Å². The highest BCUT2D eigenvalue weighted by Crippen LogP contribution is 2.34. The van der Waals surface area contributed by atoms with Gasteiger partial charge in [-0.25, -0.2) is 4.98 Å². The Labute approximate surface area is 124 Å². The molecule has 0 bridgehead atoms. The van der Waals surface area contributed by atoms with Crippen molar-refractivity contribution in [2.75, 3.05) is 6.54 Å². The number of imidazole rings is 1. The van der Waals surface area contributed by atoms with Crippen LogP contribution in [0.5, 0.6) is 0 Å². The quantitative estimate of drug-likeness (QED) is 0.679. The first-order valence-electron chi connectivity index (χ1n) is 6.75. The molecule has 0 spiro atoms. The lowest BCUT2D eigenvalue weighted by Crippen LogP contribution is -2.35. The maximum Gasteiger partial charge on any atom is 0.327 e. The molecule has 0 fully saturated rings. The van der Waals surface area contributed by atoms with Crippen LogP contribution in [0.25, 0.3) is 21.5 Å². The Kier molecular flexibility index (Phi) is 2.80. The second-order valence-corrected chi connectivity index (χ2v) is 5.98. The zero-order chi connectivity index (χ0) is 14.4. The molecular formula is C15H13N3O2S. The van der Waals surface area contributed by atoms with Crippen LogP contribution in [0.2, 0.25) is 0 Å². The fourth-order valence-corrected chi connectivity index (χ4v) is 3.73. The monoisotopic (exact) mass is 299 g/mol. The van der Waals surface area contributed by atoms with E-state index in [0.29, 0.717) is 12.2 Å². The molecule has 21 heavy (non-hydrogen) atoms. The SMILES string of the molecule is O=C(O)[C@@H]1NCCc2[nH]c(-c3csc4ccccc34)nc21. The molecule has 6 heteroatoms. The Hall–Kier alpha value is -2.18. The lowest BCUT2D eigenvalue weighted by molar-refractivity contribution is -0.139. The molecule has 0 unspecified atom stereocenters. The highest BCUT2D eigenvalue weighted by Gasteiger charge is 2.29. The smallest absolute Gasteiger partial charge is 0.327 e. The second-order valence-electron chi connectivity index (χ2n) is 5.07. The van der Waals surface area contributed by atoms with E-state index in [1.165, 1.54) is 4.70 Å². The molecule has 1 atom stereocenters. The van der Waals surface area contributed by atoms with Gasteiger partial charge in [0.1, 0.15) is 5.82 Å². The number of benzene rings is 1. The molecule has 3 heterocycles. The first kappa shape index (κ1) is 12.6. The molecule has 3 N–H and O–H groups in total. The van der Waals surface area contributed by atoms with Gasteiger partial charge < -0.3 is 10.1 Å². The van der Waals surface area contributed by atoms with Crippen LogP contribution in [0.4, 0.5) is 0 Å². The van der Waals surface area contributed by atoms with Gasteiger partial charge in [-0.1, -0.05) is 18.2 Å². The Morgan fingerprint density at radius 2 is 2.24 bits per heavy atom. The molecule has 0 aliphatic carbocycles. The van der Waals surface area contributed by atoms with Crippen molar-refractivity contribution in [3.05, 3.63) is 41.0 Å². The number of aromatic nitrogens is 2. The highest BCUT2D eigenvalue weighted by atomic mass is 32.1. The molecule has 5 nitrogen and oxygen atoms in total. The molecular weight excluding hydrogens is 286 g/mol. The molecule has 0 saturated heterocycles. The molecule has 1 aliphatic heterocycles. The average molecular weight is 299 g/mol. The number of nitrogens with one attached hydrogen (secondary N) is 2. The van der Waals surface area contributed by atoms with Gasteiger partial charge in [-0.15, -0.1) is 11.3 Å². The van der Waals surface area contributed by atoms with E-state index < -0.39 is 12.0 Å². The van der Waals surface area contributed by atoms with Crippen LogP contribution < -0.4 is 5.32 Å². The van der Waals surface area contributed by atoms with Crippen molar-refractivity contribution in [1.29, 1.82) is 0 Å². The number of aliphatic carboxylic acids is 1. The van der Waals surface area contributed by atoms with Crippen LogP contribution in [0.3, 0.4) is 0 Å². The van der Waals surface area contributed by atoms with Crippen LogP contribution in [0.1, 0.15) is 17.4 Å². The number of carboxylic acid groups (broad SMARTS) is 1. The number of carboxylic acids is 1. The van der Waals surface area contributed by atoms with Crippen molar-refractivity contribution >= 4 is 27.4 Å². The standard InChI is InChI=1S/C15H13N3O2S/c19-15(20)13-12-10(5-6-16-13)17-14(18-12)9-7-21-11-4-2-1-3-8(9)11/h1-4,7,13,16H,5-6H2,(H,17,18)(H,19,20)/t13-/m1/s1. The highest BCUT2D eigenvalue weighted by molar-refractivity contribution is 7.17. The molecule has 0 radical (unpaired) electrons. The molecule has 2 aromatic heterocycles. The predicted molar refractivity (Wildman–Crippen MR) is 81.5 cm³/mol. The maximum atomic E-state index is 11.3. The molecule has 0 amide bonds. The zero-order valence-corrected chi connectivity index (χ0v) is 11.9. The van der Waals surface area contributed by atoms with E-state index in [4.69, 9.17) is 0 Å². The summed E-state index contributed by atoms with van der Waals surface area (Å²) >= 11 is 1.67. The first-order chi connectivity index (χ1) is 10.2. The van der Waals surface area contributed by atoms with Gasteiger partial charge in [-0.3, -0.25) is 10.1 Å². The number of aromatic amines is 1. The summed E-state index contributed by atoms with van der Waals surface area (Å²) in [6.07, 6.45) is 0.772. The fourth-order valence-electron chi connectivity index (χ4n) is 2.78. The minimum atomic E-state index is -0.885. The minimum Gasteiger partial charge on any atom is -0.480 e. The molecule has 4 rings (SSSR count). The molecule has 0 saturated carbocycles. The first-order valence-corrected chi connectivity index (χ1v) is 7.63. The summed E-state index contributed by atoms with van der Waals surface area (Å²) in [4.78, 5) is 19.2. The van der Waals surface area contributed by atoms with Crippen molar-refractivity contribution in [1.82, 2.24) is 15.3 Å². The van der Waals surface area contributed by atoms with E-state index in [1.807, 2.05) is 12.1 Å². The lowest BCUT2D eigenvalue weighted by Gasteiger charge is -2.18. The molecule has 1 aliphatic rings. The number of rotatable bonds is 2. The van der Waals surface area contributed by atoms with Gasteiger partial charge in [0.15, 0.2) is 6.04 Å². The van der Waals surface area contributed by atoms with Gasteiger partial charge >= 0.3 is 5.97 Å². The Balaban J connectivity index is 1.85. The summed E-state index contributed by atoms with van der Waals surface area (Å²) in [6.45, 7) is 0.649. The normalized spacial score (nSPS) is 17.8. The van der Waals surface area contributed by atoms with Gasteiger partial charge in [-0.2, -0.15) is 0 Å². The summed E-state index contributed by atoms with van der Waals surface area (Å²) in [5, 5.41) is 15.5. The maximum absolute atomic E-state index is 11.3. The van der Waals surface area contributed by atoms with Crippen LogP contribution in [0, 0.1) is 0 Å². The van der Waals surface area contributed by atoms with E-state index in [1.54, 1.807) is 11.3 Å². The minimum absolute atomic E-state index is 0.610. The van der Waals surface area contributed by atoms with Gasteiger partial charge in [0, 0.05) is 39.7 Å². The summed E-state index contributed by atoms with van der Waals surface area (Å²) in [7, 11) is 0. The van der Waals surface area contributed by atoms with Gasteiger partial charge in [0.2, 0.25) is 0 Å². The van der Waals surface area contributed by atoms with Crippen LogP contribution in [0.15, 0.2) is 29.6 Å². The fraction of sp³-hybridized carbons (Fsp3) is 0.200. The molecule has 1 aromatic carbocycles. The van der Waals surface area contributed by atoms with Gasteiger partial charge in [-0.05, 0) is 6.07 Å². The van der Waals surface area contributed by atoms with Crippen molar-refractivity contribution < 1.29 is 9.90 Å².